The molecule has 1 atom stereocenters. The van der Waals surface area contributed by atoms with E-state index in [1.54, 1.807) is 6.92 Å². The number of aliphatic imine (C=N–C) groups is 1. The van der Waals surface area contributed by atoms with E-state index >= 15 is 0 Å². The molecule has 1 aromatic rings. The lowest BCUT2D eigenvalue weighted by Gasteiger charge is -2.18. The minimum atomic E-state index is -0.668. The van der Waals surface area contributed by atoms with Crippen LogP contribution in [0.1, 0.15) is 34.1 Å². The van der Waals surface area contributed by atoms with E-state index in [1.165, 1.54) is 0 Å². The Hall–Kier alpha value is -1.95. The van der Waals surface area contributed by atoms with Gasteiger partial charge in [-0.1, -0.05) is 19.1 Å². The first-order chi connectivity index (χ1) is 11.5. The molecular formula is C18H26N2O3S. The van der Waals surface area contributed by atoms with Gasteiger partial charge < -0.3 is 14.8 Å². The summed E-state index contributed by atoms with van der Waals surface area (Å²) in [5, 5.41) is 3.10. The zero-order valence-corrected chi connectivity index (χ0v) is 15.6. The topological polar surface area (TPSA) is 59.9 Å². The first kappa shape index (κ1) is 20.1. The standard InChI is InChI=1S/C18H26N2O3S/c1-5-12-19-13(4)16(18(21)23-7-3)17(24)20-14-8-10-15(11-9-14)22-6-2/h8-11,16H,5-7,12H2,1-4H3,(H,20,24). The quantitative estimate of drug-likeness (QED) is 0.416. The minimum Gasteiger partial charge on any atom is -0.494 e. The van der Waals surface area contributed by atoms with Crippen molar-refractivity contribution in [3.63, 3.8) is 0 Å². The van der Waals surface area contributed by atoms with Crippen molar-refractivity contribution in [2.75, 3.05) is 25.1 Å². The molecule has 6 heteroatoms. The minimum absolute atomic E-state index is 0.308. The Morgan fingerprint density at radius 2 is 1.88 bits per heavy atom. The summed E-state index contributed by atoms with van der Waals surface area (Å²) in [6.07, 6.45) is 0.909. The van der Waals surface area contributed by atoms with Gasteiger partial charge in [0.15, 0.2) is 0 Å². The van der Waals surface area contributed by atoms with Crippen LogP contribution >= 0.6 is 12.2 Å². The number of anilines is 1. The van der Waals surface area contributed by atoms with Crippen molar-refractivity contribution in [1.29, 1.82) is 0 Å². The van der Waals surface area contributed by atoms with E-state index in [0.29, 0.717) is 30.5 Å². The van der Waals surface area contributed by atoms with Gasteiger partial charge in [-0.05, 0) is 51.5 Å². The molecule has 1 N–H and O–H groups in total. The summed E-state index contributed by atoms with van der Waals surface area (Å²) in [7, 11) is 0. The molecule has 0 aliphatic heterocycles. The summed E-state index contributed by atoms with van der Waals surface area (Å²) in [4.78, 5) is 17.1. The molecular weight excluding hydrogens is 324 g/mol. The summed E-state index contributed by atoms with van der Waals surface area (Å²) >= 11 is 5.43. The molecule has 0 saturated carbocycles. The van der Waals surface area contributed by atoms with Crippen molar-refractivity contribution >= 4 is 34.6 Å². The van der Waals surface area contributed by atoms with Crippen molar-refractivity contribution in [2.45, 2.75) is 34.1 Å². The molecule has 0 radical (unpaired) electrons. The highest BCUT2D eigenvalue weighted by molar-refractivity contribution is 7.80. The van der Waals surface area contributed by atoms with Gasteiger partial charge in [-0.15, -0.1) is 0 Å². The number of benzene rings is 1. The molecule has 0 bridgehead atoms. The molecule has 1 unspecified atom stereocenters. The Bertz CT molecular complexity index is 570. The number of hydrogen-bond donors (Lipinski definition) is 1. The van der Waals surface area contributed by atoms with Crippen LogP contribution in [0.5, 0.6) is 5.75 Å². The van der Waals surface area contributed by atoms with E-state index in [-0.39, 0.29) is 5.97 Å². The summed E-state index contributed by atoms with van der Waals surface area (Å²) in [5.74, 6) is -0.257. The van der Waals surface area contributed by atoms with Crippen LogP contribution in [0.3, 0.4) is 0 Å². The second kappa shape index (κ2) is 10.8. The molecule has 0 aromatic heterocycles. The Balaban J connectivity index is 2.88. The molecule has 0 amide bonds. The van der Waals surface area contributed by atoms with Crippen LogP contribution in [-0.4, -0.2) is 36.4 Å². The number of esters is 1. The third-order valence-electron chi connectivity index (χ3n) is 3.22. The van der Waals surface area contributed by atoms with Gasteiger partial charge in [0, 0.05) is 17.9 Å². The van der Waals surface area contributed by atoms with Crippen LogP contribution in [-0.2, 0) is 9.53 Å². The Kier molecular flexibility index (Phi) is 9.01. The highest BCUT2D eigenvalue weighted by Crippen LogP contribution is 2.18. The monoisotopic (exact) mass is 350 g/mol. The molecule has 0 spiro atoms. The lowest BCUT2D eigenvalue weighted by Crippen LogP contribution is -2.35. The van der Waals surface area contributed by atoms with Crippen molar-refractivity contribution in [3.05, 3.63) is 24.3 Å². The molecule has 1 aromatic carbocycles. The van der Waals surface area contributed by atoms with E-state index in [9.17, 15) is 4.79 Å². The number of rotatable bonds is 9. The average molecular weight is 350 g/mol. The maximum absolute atomic E-state index is 12.3. The molecule has 0 aliphatic carbocycles. The highest BCUT2D eigenvalue weighted by Gasteiger charge is 2.27. The predicted molar refractivity (Wildman–Crippen MR) is 102 cm³/mol. The van der Waals surface area contributed by atoms with Gasteiger partial charge >= 0.3 is 5.97 Å². The smallest absolute Gasteiger partial charge is 0.321 e. The van der Waals surface area contributed by atoms with Crippen LogP contribution in [0.15, 0.2) is 29.3 Å². The van der Waals surface area contributed by atoms with Crippen LogP contribution in [0.4, 0.5) is 5.69 Å². The lowest BCUT2D eigenvalue weighted by molar-refractivity contribution is -0.143. The SMILES string of the molecule is CCCN=C(C)C(C(=O)OCC)C(=S)Nc1ccc(OCC)cc1. The second-order valence-corrected chi connectivity index (χ2v) is 5.59. The molecule has 0 aliphatic rings. The van der Waals surface area contributed by atoms with Gasteiger partial charge in [0.05, 0.1) is 18.2 Å². The number of carbonyl (C=O) groups excluding carboxylic acids is 1. The molecule has 5 nitrogen and oxygen atoms in total. The largest absolute Gasteiger partial charge is 0.494 e. The number of hydrogen-bond acceptors (Lipinski definition) is 5. The van der Waals surface area contributed by atoms with Crippen molar-refractivity contribution in [1.82, 2.24) is 0 Å². The third-order valence-corrected chi connectivity index (χ3v) is 3.56. The molecule has 0 fully saturated rings. The van der Waals surface area contributed by atoms with Crippen LogP contribution in [0, 0.1) is 5.92 Å². The maximum atomic E-state index is 12.3. The third kappa shape index (κ3) is 6.28. The predicted octanol–water partition coefficient (Wildman–Crippen LogP) is 3.87. The lowest BCUT2D eigenvalue weighted by atomic mass is 10.0. The molecule has 0 heterocycles. The fraction of sp³-hybridized carbons (Fsp3) is 0.500. The van der Waals surface area contributed by atoms with E-state index in [0.717, 1.165) is 17.9 Å². The number of ether oxygens (including phenoxy) is 2. The molecule has 1 rings (SSSR count). The van der Waals surface area contributed by atoms with Crippen LogP contribution < -0.4 is 10.1 Å². The maximum Gasteiger partial charge on any atom is 0.321 e. The first-order valence-corrected chi connectivity index (χ1v) is 8.65. The zero-order chi connectivity index (χ0) is 17.9. The molecule has 24 heavy (non-hydrogen) atoms. The fourth-order valence-electron chi connectivity index (χ4n) is 2.09. The van der Waals surface area contributed by atoms with E-state index in [4.69, 9.17) is 21.7 Å². The Morgan fingerprint density at radius 3 is 2.42 bits per heavy atom. The number of carbonyl (C=O) groups is 1. The summed E-state index contributed by atoms with van der Waals surface area (Å²) in [5.41, 5.74) is 1.46. The Morgan fingerprint density at radius 1 is 1.21 bits per heavy atom. The normalized spacial score (nSPS) is 12.4. The zero-order valence-electron chi connectivity index (χ0n) is 14.8. The van der Waals surface area contributed by atoms with Crippen LogP contribution in [0.2, 0.25) is 0 Å². The van der Waals surface area contributed by atoms with E-state index in [1.807, 2.05) is 45.0 Å². The van der Waals surface area contributed by atoms with Crippen LogP contribution in [0.25, 0.3) is 0 Å². The average Bonchev–Trinajstić information content (AvgIpc) is 2.55. The van der Waals surface area contributed by atoms with Gasteiger partial charge in [0.2, 0.25) is 0 Å². The number of nitrogens with one attached hydrogen (secondary N) is 1. The van der Waals surface area contributed by atoms with Gasteiger partial charge in [-0.25, -0.2) is 0 Å². The van der Waals surface area contributed by atoms with Crippen molar-refractivity contribution in [3.8, 4) is 5.75 Å². The van der Waals surface area contributed by atoms with Gasteiger partial charge in [-0.2, -0.15) is 0 Å². The molecule has 0 saturated heterocycles. The molecule has 132 valence electrons. The number of thiocarbonyl (C=S) groups is 1. The fourth-order valence-corrected chi connectivity index (χ4v) is 2.47. The van der Waals surface area contributed by atoms with E-state index in [2.05, 4.69) is 10.3 Å². The highest BCUT2D eigenvalue weighted by atomic mass is 32.1. The Labute approximate surface area is 149 Å². The first-order valence-electron chi connectivity index (χ1n) is 8.24. The number of nitrogens with zero attached hydrogens (tertiary/aromatic N) is 1. The van der Waals surface area contributed by atoms with E-state index < -0.39 is 5.92 Å². The summed E-state index contributed by atoms with van der Waals surface area (Å²) in [6.45, 7) is 9.13. The van der Waals surface area contributed by atoms with Gasteiger partial charge in [0.25, 0.3) is 0 Å². The summed E-state index contributed by atoms with van der Waals surface area (Å²) < 4.78 is 10.6. The second-order valence-electron chi connectivity index (χ2n) is 5.15. The van der Waals surface area contributed by atoms with Crippen molar-refractivity contribution < 1.29 is 14.3 Å². The van der Waals surface area contributed by atoms with Gasteiger partial charge in [-0.3, -0.25) is 9.79 Å². The van der Waals surface area contributed by atoms with Gasteiger partial charge in [0.1, 0.15) is 11.7 Å². The summed E-state index contributed by atoms with van der Waals surface area (Å²) in [6, 6.07) is 7.42. The van der Waals surface area contributed by atoms with Crippen molar-refractivity contribution in [2.24, 2.45) is 10.9 Å².